The maximum Gasteiger partial charge on any atom is 0.252 e. The van der Waals surface area contributed by atoms with Crippen molar-refractivity contribution in [2.45, 2.75) is 46.8 Å². The second-order valence-corrected chi connectivity index (χ2v) is 8.28. The number of aromatic amines is 1. The Hall–Kier alpha value is -2.62. The molecule has 0 bridgehead atoms. The van der Waals surface area contributed by atoms with Crippen LogP contribution in [0.2, 0.25) is 0 Å². The predicted molar refractivity (Wildman–Crippen MR) is 119 cm³/mol. The number of methoxy groups -OCH3 is 1. The van der Waals surface area contributed by atoms with Crippen LogP contribution in [0.25, 0.3) is 10.9 Å². The molecular weight excluding hydrogens is 396 g/mol. The summed E-state index contributed by atoms with van der Waals surface area (Å²) in [7, 11) is 1.64. The molecule has 2 N–H and O–H groups in total. The van der Waals surface area contributed by atoms with E-state index in [0.717, 1.165) is 16.5 Å². The molecular formula is C22H32N6O3. The molecule has 0 fully saturated rings. The van der Waals surface area contributed by atoms with Crippen molar-refractivity contribution in [1.82, 2.24) is 30.1 Å². The van der Waals surface area contributed by atoms with Crippen molar-refractivity contribution < 1.29 is 9.84 Å². The number of pyridine rings is 1. The van der Waals surface area contributed by atoms with Crippen LogP contribution in [0.5, 0.6) is 0 Å². The molecule has 0 unspecified atom stereocenters. The first-order chi connectivity index (χ1) is 14.8. The van der Waals surface area contributed by atoms with E-state index >= 15 is 0 Å². The molecule has 9 nitrogen and oxygen atoms in total. The Morgan fingerprint density at radius 2 is 1.97 bits per heavy atom. The van der Waals surface area contributed by atoms with Crippen molar-refractivity contribution >= 4 is 10.9 Å². The molecule has 1 atom stereocenters. The van der Waals surface area contributed by atoms with E-state index in [1.54, 1.807) is 11.8 Å². The van der Waals surface area contributed by atoms with Crippen LogP contribution in [0, 0.1) is 19.8 Å². The zero-order valence-electron chi connectivity index (χ0n) is 18.9. The van der Waals surface area contributed by atoms with Crippen LogP contribution >= 0.6 is 0 Å². The Kier molecular flexibility index (Phi) is 7.53. The van der Waals surface area contributed by atoms with Crippen LogP contribution in [0.15, 0.2) is 23.0 Å². The van der Waals surface area contributed by atoms with E-state index < -0.39 is 0 Å². The molecule has 2 heterocycles. The molecule has 0 spiro atoms. The van der Waals surface area contributed by atoms with Crippen LogP contribution in [0.3, 0.4) is 0 Å². The van der Waals surface area contributed by atoms with Crippen molar-refractivity contribution in [3.63, 3.8) is 0 Å². The molecule has 0 saturated heterocycles. The number of benzene rings is 1. The fraction of sp³-hybridized carbons (Fsp3) is 0.545. The molecule has 0 aliphatic heterocycles. The van der Waals surface area contributed by atoms with E-state index in [-0.39, 0.29) is 24.1 Å². The second kappa shape index (κ2) is 10.1. The number of aliphatic hydroxyl groups excluding tert-OH is 1. The molecule has 1 aromatic carbocycles. The monoisotopic (exact) mass is 428 g/mol. The number of H-pyrrole nitrogens is 1. The lowest BCUT2D eigenvalue weighted by Crippen LogP contribution is -2.37. The Labute approximate surface area is 182 Å². The van der Waals surface area contributed by atoms with Gasteiger partial charge in [-0.1, -0.05) is 13.8 Å². The lowest BCUT2D eigenvalue weighted by atomic mass is 10.00. The summed E-state index contributed by atoms with van der Waals surface area (Å²) >= 11 is 0. The number of hydrogen-bond donors (Lipinski definition) is 2. The van der Waals surface area contributed by atoms with E-state index in [4.69, 9.17) is 4.74 Å². The third kappa shape index (κ3) is 5.17. The highest BCUT2D eigenvalue weighted by Gasteiger charge is 2.29. The van der Waals surface area contributed by atoms with Gasteiger partial charge < -0.3 is 14.8 Å². The lowest BCUT2D eigenvalue weighted by Gasteiger charge is -2.33. The summed E-state index contributed by atoms with van der Waals surface area (Å²) in [6, 6.07) is 5.86. The zero-order valence-corrected chi connectivity index (χ0v) is 18.9. The van der Waals surface area contributed by atoms with Gasteiger partial charge in [0, 0.05) is 31.3 Å². The van der Waals surface area contributed by atoms with Gasteiger partial charge in [-0.15, -0.1) is 5.10 Å². The average Bonchev–Trinajstić information content (AvgIpc) is 3.16. The van der Waals surface area contributed by atoms with Crippen molar-refractivity contribution in [2.24, 2.45) is 5.92 Å². The summed E-state index contributed by atoms with van der Waals surface area (Å²) in [6.07, 6.45) is 0. The summed E-state index contributed by atoms with van der Waals surface area (Å²) in [4.78, 5) is 17.9. The van der Waals surface area contributed by atoms with Gasteiger partial charge in [-0.05, 0) is 64.9 Å². The van der Waals surface area contributed by atoms with Gasteiger partial charge in [-0.2, -0.15) is 0 Å². The molecule has 2 aromatic heterocycles. The van der Waals surface area contributed by atoms with Gasteiger partial charge in [-0.3, -0.25) is 9.69 Å². The Balaban J connectivity index is 1.99. The van der Waals surface area contributed by atoms with Gasteiger partial charge in [0.1, 0.15) is 0 Å². The number of aryl methyl sites for hydroxylation is 2. The van der Waals surface area contributed by atoms with Crippen molar-refractivity contribution in [3.05, 3.63) is 51.1 Å². The first-order valence-electron chi connectivity index (χ1n) is 10.6. The van der Waals surface area contributed by atoms with Gasteiger partial charge in [0.05, 0.1) is 25.8 Å². The predicted octanol–water partition coefficient (Wildman–Crippen LogP) is 1.97. The first kappa shape index (κ1) is 23.1. The van der Waals surface area contributed by atoms with Crippen LogP contribution in [0.4, 0.5) is 0 Å². The molecule has 0 saturated carbocycles. The third-order valence-electron chi connectivity index (χ3n) is 5.65. The van der Waals surface area contributed by atoms with E-state index in [0.29, 0.717) is 37.6 Å². The maximum absolute atomic E-state index is 12.8. The van der Waals surface area contributed by atoms with Gasteiger partial charge in [0.15, 0.2) is 5.82 Å². The highest BCUT2D eigenvalue weighted by molar-refractivity contribution is 5.80. The molecule has 0 aliphatic rings. The molecule has 3 aromatic rings. The molecule has 9 heteroatoms. The standard InChI is InChI=1S/C22H32N6O3/c1-14(2)20(21-24-25-26-28(21)7-9-31-5)27(6-8-29)13-18-12-17-10-15(3)16(4)11-19(17)23-22(18)30/h10-12,14,20,29H,6-9,13H2,1-5H3,(H,23,30)/t20-/m1/s1. The smallest absolute Gasteiger partial charge is 0.252 e. The van der Waals surface area contributed by atoms with Crippen LogP contribution in [0.1, 0.15) is 42.4 Å². The van der Waals surface area contributed by atoms with Crippen molar-refractivity contribution in [3.8, 4) is 0 Å². The number of aliphatic hydroxyl groups is 1. The fourth-order valence-electron chi connectivity index (χ4n) is 3.95. The summed E-state index contributed by atoms with van der Waals surface area (Å²) < 4.78 is 6.90. The number of aromatic nitrogens is 5. The van der Waals surface area contributed by atoms with Gasteiger partial charge in [0.25, 0.3) is 5.56 Å². The number of nitrogens with one attached hydrogen (secondary N) is 1. The third-order valence-corrected chi connectivity index (χ3v) is 5.65. The zero-order chi connectivity index (χ0) is 22.5. The second-order valence-electron chi connectivity index (χ2n) is 8.28. The number of nitrogens with zero attached hydrogens (tertiary/aromatic N) is 5. The lowest BCUT2D eigenvalue weighted by molar-refractivity contribution is 0.103. The highest BCUT2D eigenvalue weighted by Crippen LogP contribution is 2.28. The SMILES string of the molecule is COCCn1nnnc1[C@@H](C(C)C)N(CCO)Cc1cc2cc(C)c(C)cc2[nH]c1=O. The minimum Gasteiger partial charge on any atom is -0.395 e. The minimum atomic E-state index is -0.172. The Bertz CT molecular complexity index is 1070. The number of fused-ring (bicyclic) bond motifs is 1. The number of hydrogen-bond acceptors (Lipinski definition) is 7. The quantitative estimate of drug-likeness (QED) is 0.508. The van der Waals surface area contributed by atoms with E-state index in [2.05, 4.69) is 52.2 Å². The summed E-state index contributed by atoms with van der Waals surface area (Å²) in [5.41, 5.74) is 3.66. The number of rotatable bonds is 10. The fourth-order valence-corrected chi connectivity index (χ4v) is 3.95. The highest BCUT2D eigenvalue weighted by atomic mass is 16.5. The minimum absolute atomic E-state index is 0.0351. The topological polar surface area (TPSA) is 109 Å². The summed E-state index contributed by atoms with van der Waals surface area (Å²) in [5.74, 6) is 0.854. The Morgan fingerprint density at radius 1 is 1.23 bits per heavy atom. The summed E-state index contributed by atoms with van der Waals surface area (Å²) in [5, 5.41) is 23.0. The normalized spacial score (nSPS) is 12.9. The molecule has 0 amide bonds. The van der Waals surface area contributed by atoms with Crippen molar-refractivity contribution in [2.75, 3.05) is 26.9 Å². The summed E-state index contributed by atoms with van der Waals surface area (Å²) in [6.45, 7) is 10.0. The van der Waals surface area contributed by atoms with Gasteiger partial charge in [0.2, 0.25) is 0 Å². The van der Waals surface area contributed by atoms with Gasteiger partial charge >= 0.3 is 0 Å². The molecule has 0 radical (unpaired) electrons. The van der Waals surface area contributed by atoms with E-state index in [1.807, 2.05) is 19.1 Å². The van der Waals surface area contributed by atoms with E-state index in [9.17, 15) is 9.90 Å². The first-order valence-corrected chi connectivity index (χ1v) is 10.6. The Morgan fingerprint density at radius 3 is 2.65 bits per heavy atom. The van der Waals surface area contributed by atoms with E-state index in [1.165, 1.54) is 5.56 Å². The maximum atomic E-state index is 12.8. The van der Waals surface area contributed by atoms with Gasteiger partial charge in [-0.25, -0.2) is 4.68 Å². The van der Waals surface area contributed by atoms with Crippen LogP contribution < -0.4 is 5.56 Å². The average molecular weight is 429 g/mol. The van der Waals surface area contributed by atoms with Crippen LogP contribution in [-0.2, 0) is 17.8 Å². The van der Waals surface area contributed by atoms with Crippen molar-refractivity contribution in [1.29, 1.82) is 0 Å². The molecule has 3 rings (SSSR count). The van der Waals surface area contributed by atoms with Crippen LogP contribution in [-0.4, -0.2) is 62.1 Å². The molecule has 0 aliphatic carbocycles. The molecule has 168 valence electrons. The molecule has 31 heavy (non-hydrogen) atoms. The largest absolute Gasteiger partial charge is 0.395 e. The number of tetrazole rings is 1. The number of ether oxygens (including phenoxy) is 1.